The van der Waals surface area contributed by atoms with E-state index in [0.29, 0.717) is 11.4 Å². The number of anilines is 2. The zero-order valence-corrected chi connectivity index (χ0v) is 13.8. The van der Waals surface area contributed by atoms with Crippen molar-refractivity contribution in [2.45, 2.75) is 0 Å². The Labute approximate surface area is 146 Å². The highest BCUT2D eigenvalue weighted by Crippen LogP contribution is 2.06. The predicted octanol–water partition coefficient (Wildman–Crippen LogP) is 2.33. The number of aliphatic hydroxyl groups is 1. The van der Waals surface area contributed by atoms with E-state index in [1.165, 1.54) is 4.90 Å². The molecule has 0 saturated carbocycles. The first-order valence-corrected chi connectivity index (χ1v) is 8.01. The maximum absolute atomic E-state index is 12.2. The van der Waals surface area contributed by atoms with E-state index in [4.69, 9.17) is 5.11 Å². The molecule has 0 heterocycles. The first kappa shape index (κ1) is 18.3. The van der Waals surface area contributed by atoms with E-state index >= 15 is 0 Å². The molecule has 25 heavy (non-hydrogen) atoms. The maximum atomic E-state index is 12.2. The molecule has 4 N–H and O–H groups in total. The standard InChI is InChI=1S/C18H22N4O3/c23-14-13-22(18(25)21-16-9-5-2-6-10-16)12-11-19-17(24)20-15-7-3-1-4-8-15/h1-10,23H,11-14H2,(H,21,25)(H2,19,20,24). The van der Waals surface area contributed by atoms with Gasteiger partial charge in [-0.25, -0.2) is 9.59 Å². The molecule has 7 nitrogen and oxygen atoms in total. The number of aliphatic hydroxyl groups excluding tert-OH is 1. The highest BCUT2D eigenvalue weighted by atomic mass is 16.3. The monoisotopic (exact) mass is 342 g/mol. The maximum Gasteiger partial charge on any atom is 0.321 e. The second-order valence-electron chi connectivity index (χ2n) is 5.25. The van der Waals surface area contributed by atoms with Gasteiger partial charge in [0, 0.05) is 31.0 Å². The molecular formula is C18H22N4O3. The van der Waals surface area contributed by atoms with Gasteiger partial charge in [0.25, 0.3) is 0 Å². The summed E-state index contributed by atoms with van der Waals surface area (Å²) >= 11 is 0. The fourth-order valence-corrected chi connectivity index (χ4v) is 2.16. The minimum atomic E-state index is -0.349. The Morgan fingerprint density at radius 2 is 1.40 bits per heavy atom. The topological polar surface area (TPSA) is 93.7 Å². The van der Waals surface area contributed by atoms with Crippen molar-refractivity contribution < 1.29 is 14.7 Å². The van der Waals surface area contributed by atoms with Crippen LogP contribution >= 0.6 is 0 Å². The molecule has 0 bridgehead atoms. The molecule has 0 aliphatic heterocycles. The van der Waals surface area contributed by atoms with Gasteiger partial charge in [0.1, 0.15) is 0 Å². The summed E-state index contributed by atoms with van der Waals surface area (Å²) < 4.78 is 0. The van der Waals surface area contributed by atoms with Crippen LogP contribution < -0.4 is 16.0 Å². The molecule has 2 rings (SSSR count). The minimum Gasteiger partial charge on any atom is -0.395 e. The highest BCUT2D eigenvalue weighted by Gasteiger charge is 2.13. The third-order valence-electron chi connectivity index (χ3n) is 3.38. The summed E-state index contributed by atoms with van der Waals surface area (Å²) in [4.78, 5) is 25.5. The second kappa shape index (κ2) is 9.94. The minimum absolute atomic E-state index is 0.154. The van der Waals surface area contributed by atoms with Gasteiger partial charge in [0.15, 0.2) is 0 Å². The Bertz CT molecular complexity index is 665. The number of hydrogen-bond donors (Lipinski definition) is 4. The van der Waals surface area contributed by atoms with Crippen molar-refractivity contribution in [1.29, 1.82) is 0 Å². The number of nitrogens with zero attached hydrogens (tertiary/aromatic N) is 1. The van der Waals surface area contributed by atoms with Gasteiger partial charge in [-0.3, -0.25) is 0 Å². The number of urea groups is 2. The van der Waals surface area contributed by atoms with E-state index in [1.54, 1.807) is 24.3 Å². The first-order valence-electron chi connectivity index (χ1n) is 8.01. The quantitative estimate of drug-likeness (QED) is 0.622. The molecule has 4 amide bonds. The fraction of sp³-hybridized carbons (Fsp3) is 0.222. The van der Waals surface area contributed by atoms with Crippen molar-refractivity contribution >= 4 is 23.4 Å². The summed E-state index contributed by atoms with van der Waals surface area (Å²) in [6.45, 7) is 0.571. The van der Waals surface area contributed by atoms with Crippen LogP contribution in [-0.4, -0.2) is 48.3 Å². The van der Waals surface area contributed by atoms with Crippen LogP contribution in [0.25, 0.3) is 0 Å². The largest absolute Gasteiger partial charge is 0.395 e. The molecule has 2 aromatic rings. The lowest BCUT2D eigenvalue weighted by atomic mass is 10.3. The van der Waals surface area contributed by atoms with Crippen LogP contribution in [0, 0.1) is 0 Å². The van der Waals surface area contributed by atoms with Crippen LogP contribution in [0.3, 0.4) is 0 Å². The molecule has 132 valence electrons. The molecule has 0 spiro atoms. The Morgan fingerprint density at radius 3 is 1.96 bits per heavy atom. The molecular weight excluding hydrogens is 320 g/mol. The summed E-state index contributed by atoms with van der Waals surface area (Å²) in [5.41, 5.74) is 1.36. The number of nitrogens with one attached hydrogen (secondary N) is 3. The smallest absolute Gasteiger partial charge is 0.321 e. The van der Waals surface area contributed by atoms with Crippen molar-refractivity contribution in [3.8, 4) is 0 Å². The van der Waals surface area contributed by atoms with Gasteiger partial charge < -0.3 is 26.0 Å². The van der Waals surface area contributed by atoms with Crippen LogP contribution in [0.1, 0.15) is 0 Å². The van der Waals surface area contributed by atoms with Gasteiger partial charge in [-0.2, -0.15) is 0 Å². The first-order chi connectivity index (χ1) is 12.2. The number of hydrogen-bond acceptors (Lipinski definition) is 3. The van der Waals surface area contributed by atoms with Crippen molar-refractivity contribution in [2.24, 2.45) is 0 Å². The lowest BCUT2D eigenvalue weighted by molar-refractivity contribution is 0.188. The van der Waals surface area contributed by atoms with E-state index in [9.17, 15) is 9.59 Å². The predicted molar refractivity (Wildman–Crippen MR) is 97.6 cm³/mol. The van der Waals surface area contributed by atoms with Crippen LogP contribution in [-0.2, 0) is 0 Å². The summed E-state index contributed by atoms with van der Waals surface area (Å²) in [6, 6.07) is 17.5. The van der Waals surface area contributed by atoms with E-state index in [1.807, 2.05) is 36.4 Å². The molecule has 7 heteroatoms. The molecule has 0 saturated heterocycles. The SMILES string of the molecule is O=C(NCCN(CCO)C(=O)Nc1ccccc1)Nc1ccccc1. The van der Waals surface area contributed by atoms with Crippen LogP contribution in [0.4, 0.5) is 21.0 Å². The van der Waals surface area contributed by atoms with Gasteiger partial charge in [-0.05, 0) is 24.3 Å². The van der Waals surface area contributed by atoms with Crippen molar-refractivity contribution in [2.75, 3.05) is 36.9 Å². The Hall–Kier alpha value is -3.06. The summed E-state index contributed by atoms with van der Waals surface area (Å²) in [7, 11) is 0. The van der Waals surface area contributed by atoms with Gasteiger partial charge in [0.2, 0.25) is 0 Å². The fourth-order valence-electron chi connectivity index (χ4n) is 2.16. The zero-order chi connectivity index (χ0) is 17.9. The lowest BCUT2D eigenvalue weighted by Gasteiger charge is -2.22. The molecule has 0 aliphatic carbocycles. The number of benzene rings is 2. The molecule has 0 radical (unpaired) electrons. The lowest BCUT2D eigenvalue weighted by Crippen LogP contribution is -2.43. The number of carbonyl (C=O) groups excluding carboxylic acids is 2. The van der Waals surface area contributed by atoms with Gasteiger partial charge >= 0.3 is 12.1 Å². The Morgan fingerprint density at radius 1 is 0.840 bits per heavy atom. The van der Waals surface area contributed by atoms with Gasteiger partial charge in [0.05, 0.1) is 6.61 Å². The molecule has 0 aliphatic rings. The van der Waals surface area contributed by atoms with Crippen LogP contribution in [0.5, 0.6) is 0 Å². The van der Waals surface area contributed by atoms with Gasteiger partial charge in [-0.1, -0.05) is 36.4 Å². The van der Waals surface area contributed by atoms with Crippen molar-refractivity contribution in [1.82, 2.24) is 10.2 Å². The summed E-state index contributed by atoms with van der Waals surface area (Å²) in [5, 5.41) is 17.3. The van der Waals surface area contributed by atoms with E-state index < -0.39 is 0 Å². The van der Waals surface area contributed by atoms with E-state index in [0.717, 1.165) is 0 Å². The normalized spacial score (nSPS) is 9.96. The highest BCUT2D eigenvalue weighted by molar-refractivity contribution is 5.90. The van der Waals surface area contributed by atoms with Gasteiger partial charge in [-0.15, -0.1) is 0 Å². The average Bonchev–Trinajstić information content (AvgIpc) is 2.62. The summed E-state index contributed by atoms with van der Waals surface area (Å²) in [6.07, 6.45) is 0. The molecule has 0 aromatic heterocycles. The zero-order valence-electron chi connectivity index (χ0n) is 13.8. The Kier molecular flexibility index (Phi) is 7.27. The molecule has 0 fully saturated rings. The Balaban J connectivity index is 1.78. The number of rotatable bonds is 7. The molecule has 0 atom stereocenters. The number of amides is 4. The van der Waals surface area contributed by atoms with Crippen molar-refractivity contribution in [3.05, 3.63) is 60.7 Å². The van der Waals surface area contributed by atoms with E-state index in [2.05, 4.69) is 16.0 Å². The second-order valence-corrected chi connectivity index (χ2v) is 5.25. The number of carbonyl (C=O) groups is 2. The molecule has 2 aromatic carbocycles. The number of para-hydroxylation sites is 2. The van der Waals surface area contributed by atoms with Crippen molar-refractivity contribution in [3.63, 3.8) is 0 Å². The summed E-state index contributed by atoms with van der Waals surface area (Å²) in [5.74, 6) is 0. The molecule has 0 unspecified atom stereocenters. The van der Waals surface area contributed by atoms with E-state index in [-0.39, 0.29) is 38.3 Å². The third kappa shape index (κ3) is 6.52. The van der Waals surface area contributed by atoms with Crippen LogP contribution in [0.15, 0.2) is 60.7 Å². The van der Waals surface area contributed by atoms with Crippen LogP contribution in [0.2, 0.25) is 0 Å². The third-order valence-corrected chi connectivity index (χ3v) is 3.38. The average molecular weight is 342 g/mol.